The van der Waals surface area contributed by atoms with Crippen molar-refractivity contribution in [1.82, 2.24) is 4.90 Å². The van der Waals surface area contributed by atoms with Crippen LogP contribution in [0.5, 0.6) is 0 Å². The predicted molar refractivity (Wildman–Crippen MR) is 96.7 cm³/mol. The van der Waals surface area contributed by atoms with Crippen molar-refractivity contribution in [3.05, 3.63) is 34.9 Å². The fraction of sp³-hybridized carbons (Fsp3) is 0.600. The molecule has 1 aliphatic rings. The summed E-state index contributed by atoms with van der Waals surface area (Å²) >= 11 is 0. The lowest BCUT2D eigenvalue weighted by Gasteiger charge is -2.40. The Hall–Kier alpha value is -2.04. The number of benzene rings is 1. The molecule has 5 nitrogen and oxygen atoms in total. The number of aliphatic carboxylic acids is 1. The number of rotatable bonds is 3. The van der Waals surface area contributed by atoms with Gasteiger partial charge >= 0.3 is 12.1 Å². The van der Waals surface area contributed by atoms with Gasteiger partial charge < -0.3 is 14.7 Å². The molecule has 0 bridgehead atoms. The third-order valence-corrected chi connectivity index (χ3v) is 4.51. The Kier molecular flexibility index (Phi) is 5.45. The maximum absolute atomic E-state index is 12.4. The average Bonchev–Trinajstić information content (AvgIpc) is 2.44. The van der Waals surface area contributed by atoms with Gasteiger partial charge in [0.1, 0.15) is 5.60 Å². The Labute approximate surface area is 150 Å². The summed E-state index contributed by atoms with van der Waals surface area (Å²) < 4.78 is 5.43. The summed E-state index contributed by atoms with van der Waals surface area (Å²) in [6.45, 7) is 10.2. The van der Waals surface area contributed by atoms with E-state index >= 15 is 0 Å². The standard InChI is InChI=1S/C20H29NO4/c1-14-9-15(2)11-16(10-14)12-20(17(22)23)7-6-8-21(13-20)18(24)25-19(3,4)5/h9-11H,6-8,12-13H2,1-5H3,(H,22,23). The Morgan fingerprint density at radius 2 is 1.80 bits per heavy atom. The Bertz CT molecular complexity index is 642. The summed E-state index contributed by atoms with van der Waals surface area (Å²) in [6, 6.07) is 6.14. The molecule has 0 saturated carbocycles. The van der Waals surface area contributed by atoms with E-state index in [1.807, 2.05) is 46.8 Å². The highest BCUT2D eigenvalue weighted by atomic mass is 16.6. The van der Waals surface area contributed by atoms with E-state index in [4.69, 9.17) is 4.74 Å². The van der Waals surface area contributed by atoms with Crippen LogP contribution >= 0.6 is 0 Å². The molecule has 5 heteroatoms. The molecule has 2 rings (SSSR count). The SMILES string of the molecule is Cc1cc(C)cc(CC2(C(=O)O)CCCN(C(=O)OC(C)(C)C)C2)c1. The maximum atomic E-state index is 12.4. The van der Waals surface area contributed by atoms with Crippen LogP contribution in [0.3, 0.4) is 0 Å². The second kappa shape index (κ2) is 7.06. The molecule has 1 saturated heterocycles. The molecule has 1 N–H and O–H groups in total. The first-order valence-electron chi connectivity index (χ1n) is 8.79. The lowest BCUT2D eigenvalue weighted by Crippen LogP contribution is -2.52. The van der Waals surface area contributed by atoms with E-state index in [2.05, 4.69) is 6.07 Å². The summed E-state index contributed by atoms with van der Waals surface area (Å²) in [4.78, 5) is 26.1. The number of amides is 1. The van der Waals surface area contributed by atoms with E-state index in [0.29, 0.717) is 25.8 Å². The molecule has 1 aromatic carbocycles. The Morgan fingerprint density at radius 1 is 1.20 bits per heavy atom. The molecule has 1 aliphatic heterocycles. The van der Waals surface area contributed by atoms with E-state index < -0.39 is 23.1 Å². The Morgan fingerprint density at radius 3 is 2.32 bits per heavy atom. The largest absolute Gasteiger partial charge is 0.481 e. The van der Waals surface area contributed by atoms with Crippen LogP contribution in [0, 0.1) is 19.3 Å². The summed E-state index contributed by atoms with van der Waals surface area (Å²) in [7, 11) is 0. The lowest BCUT2D eigenvalue weighted by atomic mass is 9.75. The third-order valence-electron chi connectivity index (χ3n) is 4.51. The van der Waals surface area contributed by atoms with Crippen LogP contribution in [0.25, 0.3) is 0 Å². The maximum Gasteiger partial charge on any atom is 0.410 e. The number of carbonyl (C=O) groups is 2. The molecule has 25 heavy (non-hydrogen) atoms. The fourth-order valence-corrected chi connectivity index (χ4v) is 3.57. The van der Waals surface area contributed by atoms with Crippen LogP contribution in [0.15, 0.2) is 18.2 Å². The highest BCUT2D eigenvalue weighted by Crippen LogP contribution is 2.35. The van der Waals surface area contributed by atoms with Gasteiger partial charge in [-0.15, -0.1) is 0 Å². The molecule has 0 radical (unpaired) electrons. The number of carboxylic acids is 1. The van der Waals surface area contributed by atoms with Gasteiger partial charge in [0.15, 0.2) is 0 Å². The van der Waals surface area contributed by atoms with Crippen molar-refractivity contribution in [2.45, 2.75) is 59.5 Å². The first-order valence-corrected chi connectivity index (χ1v) is 8.79. The molecule has 138 valence electrons. The summed E-state index contributed by atoms with van der Waals surface area (Å²) in [5.41, 5.74) is 1.69. The molecule has 0 spiro atoms. The number of carbonyl (C=O) groups excluding carboxylic acids is 1. The number of carboxylic acid groups (broad SMARTS) is 1. The number of hydrogen-bond donors (Lipinski definition) is 1. The average molecular weight is 347 g/mol. The van der Waals surface area contributed by atoms with Gasteiger partial charge in [0.2, 0.25) is 0 Å². The molecule has 1 aromatic rings. The number of ether oxygens (including phenoxy) is 1. The van der Waals surface area contributed by atoms with Crippen molar-refractivity contribution >= 4 is 12.1 Å². The number of aryl methyl sites for hydroxylation is 2. The van der Waals surface area contributed by atoms with Crippen molar-refractivity contribution in [2.24, 2.45) is 5.41 Å². The van der Waals surface area contributed by atoms with E-state index in [0.717, 1.165) is 16.7 Å². The number of piperidine rings is 1. The van der Waals surface area contributed by atoms with Crippen LogP contribution in [0.4, 0.5) is 4.79 Å². The van der Waals surface area contributed by atoms with Crippen LogP contribution in [0.1, 0.15) is 50.3 Å². The molecule has 1 heterocycles. The fourth-order valence-electron chi connectivity index (χ4n) is 3.57. The van der Waals surface area contributed by atoms with Crippen LogP contribution < -0.4 is 0 Å². The van der Waals surface area contributed by atoms with Gasteiger partial charge in [0.05, 0.1) is 5.41 Å². The van der Waals surface area contributed by atoms with Gasteiger partial charge in [-0.25, -0.2) is 4.79 Å². The molecular formula is C20H29NO4. The van der Waals surface area contributed by atoms with Gasteiger partial charge in [-0.1, -0.05) is 29.3 Å². The summed E-state index contributed by atoms with van der Waals surface area (Å²) in [6.07, 6.45) is 1.22. The van der Waals surface area contributed by atoms with Crippen molar-refractivity contribution in [3.63, 3.8) is 0 Å². The molecule has 1 atom stereocenters. The van der Waals surface area contributed by atoms with E-state index in [1.165, 1.54) is 0 Å². The second-order valence-electron chi connectivity index (χ2n) is 8.26. The molecule has 1 amide bonds. The zero-order valence-corrected chi connectivity index (χ0v) is 15.9. The quantitative estimate of drug-likeness (QED) is 0.899. The molecular weight excluding hydrogens is 318 g/mol. The van der Waals surface area contributed by atoms with Crippen molar-refractivity contribution < 1.29 is 19.4 Å². The highest BCUT2D eigenvalue weighted by Gasteiger charge is 2.44. The monoisotopic (exact) mass is 347 g/mol. The Balaban J connectivity index is 2.23. The van der Waals surface area contributed by atoms with Gasteiger partial charge in [-0.3, -0.25) is 4.79 Å². The minimum atomic E-state index is -0.963. The van der Waals surface area contributed by atoms with Crippen LogP contribution in [0.2, 0.25) is 0 Å². The first-order chi connectivity index (χ1) is 11.5. The van der Waals surface area contributed by atoms with Gasteiger partial charge in [0, 0.05) is 13.1 Å². The zero-order chi connectivity index (χ0) is 18.8. The topological polar surface area (TPSA) is 66.8 Å². The number of nitrogens with zero attached hydrogens (tertiary/aromatic N) is 1. The highest BCUT2D eigenvalue weighted by molar-refractivity contribution is 5.77. The smallest absolute Gasteiger partial charge is 0.410 e. The number of hydrogen-bond acceptors (Lipinski definition) is 3. The lowest BCUT2D eigenvalue weighted by molar-refractivity contribution is -0.152. The second-order valence-corrected chi connectivity index (χ2v) is 8.26. The van der Waals surface area contributed by atoms with E-state index in [-0.39, 0.29) is 6.54 Å². The van der Waals surface area contributed by atoms with Crippen LogP contribution in [-0.4, -0.2) is 40.8 Å². The summed E-state index contributed by atoms with van der Waals surface area (Å²) in [5.74, 6) is -0.847. The van der Waals surface area contributed by atoms with Crippen molar-refractivity contribution in [1.29, 1.82) is 0 Å². The molecule has 0 aromatic heterocycles. The predicted octanol–water partition coefficient (Wildman–Crippen LogP) is 3.95. The first kappa shape index (κ1) is 19.3. The zero-order valence-electron chi connectivity index (χ0n) is 15.9. The summed E-state index contributed by atoms with van der Waals surface area (Å²) in [5, 5.41) is 9.94. The van der Waals surface area contributed by atoms with E-state index in [9.17, 15) is 14.7 Å². The van der Waals surface area contributed by atoms with E-state index in [1.54, 1.807) is 4.90 Å². The minimum absolute atomic E-state index is 0.185. The molecule has 1 unspecified atom stereocenters. The molecule has 1 fully saturated rings. The van der Waals surface area contributed by atoms with Crippen molar-refractivity contribution in [3.8, 4) is 0 Å². The van der Waals surface area contributed by atoms with Gasteiger partial charge in [-0.05, 0) is 59.4 Å². The normalized spacial score (nSPS) is 21.1. The van der Waals surface area contributed by atoms with Gasteiger partial charge in [-0.2, -0.15) is 0 Å². The number of likely N-dealkylation sites (tertiary alicyclic amines) is 1. The molecule has 0 aliphatic carbocycles. The van der Waals surface area contributed by atoms with Gasteiger partial charge in [0.25, 0.3) is 0 Å². The van der Waals surface area contributed by atoms with Crippen molar-refractivity contribution in [2.75, 3.05) is 13.1 Å². The van der Waals surface area contributed by atoms with Crippen LogP contribution in [-0.2, 0) is 16.0 Å². The minimum Gasteiger partial charge on any atom is -0.481 e. The third kappa shape index (κ3) is 4.97.